The fourth-order valence-electron chi connectivity index (χ4n) is 3.16. The summed E-state index contributed by atoms with van der Waals surface area (Å²) in [6.07, 6.45) is 10.2. The van der Waals surface area contributed by atoms with Crippen molar-refractivity contribution in [2.45, 2.75) is 13.1 Å². The number of nitrogens with one attached hydrogen (secondary N) is 1. The summed E-state index contributed by atoms with van der Waals surface area (Å²) in [4.78, 5) is 8.99. The molecule has 0 saturated carbocycles. The van der Waals surface area contributed by atoms with Gasteiger partial charge < -0.3 is 9.80 Å². The molecule has 1 saturated heterocycles. The van der Waals surface area contributed by atoms with Crippen LogP contribution in [0.5, 0.6) is 0 Å². The van der Waals surface area contributed by atoms with E-state index in [1.165, 1.54) is 0 Å². The Bertz CT molecular complexity index is 842. The first-order valence-electron chi connectivity index (χ1n) is 8.20. The maximum atomic E-state index is 5.52. The quantitative estimate of drug-likeness (QED) is 0.510. The van der Waals surface area contributed by atoms with Gasteiger partial charge in [0.25, 0.3) is 0 Å². The van der Waals surface area contributed by atoms with Gasteiger partial charge in [-0.05, 0) is 31.4 Å². The molecule has 0 radical (unpaired) electrons. The Morgan fingerprint density at radius 2 is 1.96 bits per heavy atom. The number of likely N-dealkylation sites (N-methyl/N-ethyl adjacent to an activating group) is 1. The van der Waals surface area contributed by atoms with E-state index >= 15 is 0 Å². The summed E-state index contributed by atoms with van der Waals surface area (Å²) in [5.74, 6) is 0. The molecule has 1 aromatic rings. The van der Waals surface area contributed by atoms with Gasteiger partial charge in [-0.25, -0.2) is 4.99 Å². The van der Waals surface area contributed by atoms with E-state index in [4.69, 9.17) is 12.2 Å². The molecule has 0 unspecified atom stereocenters. The minimum atomic E-state index is 0.680. The molecule has 0 aliphatic carbocycles. The summed E-state index contributed by atoms with van der Waals surface area (Å²) in [6, 6.07) is 0. The van der Waals surface area contributed by atoms with Crippen LogP contribution in [-0.2, 0) is 13.1 Å². The van der Waals surface area contributed by atoms with Crippen LogP contribution in [0.15, 0.2) is 34.5 Å². The smallest absolute Gasteiger partial charge is 0.189 e. The largest absolute Gasteiger partial charge is 0.345 e. The van der Waals surface area contributed by atoms with Crippen molar-refractivity contribution in [3.05, 3.63) is 40.6 Å². The Morgan fingerprint density at radius 1 is 1.17 bits per heavy atom. The zero-order valence-electron chi connectivity index (χ0n) is 13.7. The zero-order valence-corrected chi connectivity index (χ0v) is 14.5. The van der Waals surface area contributed by atoms with Crippen LogP contribution in [0, 0.1) is 0 Å². The monoisotopic (exact) mass is 343 g/mol. The summed E-state index contributed by atoms with van der Waals surface area (Å²) in [5, 5.41) is 7.20. The predicted molar refractivity (Wildman–Crippen MR) is 96.3 cm³/mol. The van der Waals surface area contributed by atoms with Crippen molar-refractivity contribution in [3.8, 4) is 0 Å². The van der Waals surface area contributed by atoms with E-state index < -0.39 is 0 Å². The van der Waals surface area contributed by atoms with Gasteiger partial charge in [-0.15, -0.1) is 0 Å². The van der Waals surface area contributed by atoms with E-state index in [0.29, 0.717) is 5.11 Å². The van der Waals surface area contributed by atoms with Crippen molar-refractivity contribution in [2.75, 3.05) is 33.2 Å². The molecule has 4 rings (SSSR count). The summed E-state index contributed by atoms with van der Waals surface area (Å²) >= 11 is 5.52. The highest BCUT2D eigenvalue weighted by Gasteiger charge is 2.16. The SMILES string of the molecule is CN1CCN(C(=S)NN=c2c3n(n4c2=NC=CC4)CC=CC=3)CC1. The van der Waals surface area contributed by atoms with Crippen LogP contribution in [0.25, 0.3) is 6.08 Å². The molecule has 7 nitrogen and oxygen atoms in total. The Labute approximate surface area is 145 Å². The van der Waals surface area contributed by atoms with E-state index in [1.807, 2.05) is 12.3 Å². The lowest BCUT2D eigenvalue weighted by atomic mass is 10.3. The number of piperazine rings is 1. The van der Waals surface area contributed by atoms with E-state index in [-0.39, 0.29) is 0 Å². The number of rotatable bonds is 1. The first kappa shape index (κ1) is 15.3. The van der Waals surface area contributed by atoms with Crippen LogP contribution in [0.4, 0.5) is 0 Å². The van der Waals surface area contributed by atoms with Gasteiger partial charge in [0.05, 0.1) is 18.4 Å². The third kappa shape index (κ3) is 2.71. The lowest BCUT2D eigenvalue weighted by Crippen LogP contribution is -2.50. The van der Waals surface area contributed by atoms with Crippen LogP contribution >= 0.6 is 12.2 Å². The highest BCUT2D eigenvalue weighted by Crippen LogP contribution is 1.99. The zero-order chi connectivity index (χ0) is 16.5. The Balaban J connectivity index is 1.66. The Hall–Kier alpha value is -2.19. The number of nitrogens with zero attached hydrogens (tertiary/aromatic N) is 6. The van der Waals surface area contributed by atoms with Gasteiger partial charge in [0.15, 0.2) is 16.0 Å². The molecule has 0 aromatic carbocycles. The fraction of sp³-hybridized carbons (Fsp3) is 0.438. The summed E-state index contributed by atoms with van der Waals surface area (Å²) < 4.78 is 4.34. The summed E-state index contributed by atoms with van der Waals surface area (Å²) in [5.41, 5.74) is 3.95. The molecule has 8 heteroatoms. The highest BCUT2D eigenvalue weighted by atomic mass is 32.1. The van der Waals surface area contributed by atoms with Crippen LogP contribution in [0.2, 0.25) is 0 Å². The average molecular weight is 343 g/mol. The first-order chi connectivity index (χ1) is 11.7. The average Bonchev–Trinajstić information content (AvgIpc) is 2.94. The molecular weight excluding hydrogens is 322 g/mol. The van der Waals surface area contributed by atoms with Crippen LogP contribution in [0.3, 0.4) is 0 Å². The summed E-state index contributed by atoms with van der Waals surface area (Å²) in [7, 11) is 2.13. The third-order valence-corrected chi connectivity index (χ3v) is 4.92. The second-order valence-corrected chi connectivity index (χ2v) is 6.54. The molecule has 0 atom stereocenters. The maximum absolute atomic E-state index is 5.52. The van der Waals surface area contributed by atoms with Gasteiger partial charge >= 0.3 is 0 Å². The number of thiocarbonyl (C=S) groups is 1. The van der Waals surface area contributed by atoms with Crippen molar-refractivity contribution in [3.63, 3.8) is 0 Å². The second kappa shape index (κ2) is 6.37. The van der Waals surface area contributed by atoms with Crippen molar-refractivity contribution in [1.82, 2.24) is 24.6 Å². The molecule has 1 aromatic heterocycles. The number of allylic oxidation sites excluding steroid dienone is 3. The van der Waals surface area contributed by atoms with Crippen molar-refractivity contribution < 1.29 is 0 Å². The molecule has 126 valence electrons. The number of aromatic nitrogens is 2. The minimum absolute atomic E-state index is 0.680. The van der Waals surface area contributed by atoms with Crippen LogP contribution in [0.1, 0.15) is 0 Å². The van der Waals surface area contributed by atoms with E-state index in [1.54, 1.807) is 0 Å². The van der Waals surface area contributed by atoms with E-state index in [2.05, 4.69) is 60.0 Å². The molecule has 3 aliphatic rings. The highest BCUT2D eigenvalue weighted by molar-refractivity contribution is 7.80. The Kier molecular flexibility index (Phi) is 4.07. The van der Waals surface area contributed by atoms with Gasteiger partial charge in [0, 0.05) is 32.4 Å². The van der Waals surface area contributed by atoms with Gasteiger partial charge in [0.1, 0.15) is 0 Å². The predicted octanol–water partition coefficient (Wildman–Crippen LogP) is -1.28. The molecule has 0 spiro atoms. The van der Waals surface area contributed by atoms with Crippen LogP contribution in [-0.4, -0.2) is 57.5 Å². The number of hydrogen-bond acceptors (Lipinski definition) is 4. The van der Waals surface area contributed by atoms with Crippen molar-refractivity contribution in [2.24, 2.45) is 10.1 Å². The minimum Gasteiger partial charge on any atom is -0.345 e. The molecule has 1 N–H and O–H groups in total. The third-order valence-electron chi connectivity index (χ3n) is 4.57. The van der Waals surface area contributed by atoms with E-state index in [0.717, 1.165) is 55.5 Å². The van der Waals surface area contributed by atoms with E-state index in [9.17, 15) is 0 Å². The molecule has 24 heavy (non-hydrogen) atoms. The lowest BCUT2D eigenvalue weighted by molar-refractivity contribution is 0.214. The Morgan fingerprint density at radius 3 is 2.79 bits per heavy atom. The standard InChI is InChI=1S/C16H21N7S/c1-20-9-11-21(12-10-20)16(24)19-18-14-13-5-2-3-7-22(13)23-8-4-6-17-15(14)23/h2-6H,7-12H2,1H3,(H,19,24). The molecular formula is C16H21N7S. The van der Waals surface area contributed by atoms with Gasteiger partial charge in [0.2, 0.25) is 0 Å². The summed E-state index contributed by atoms with van der Waals surface area (Å²) in [6.45, 7) is 5.55. The maximum Gasteiger partial charge on any atom is 0.189 e. The van der Waals surface area contributed by atoms with Gasteiger partial charge in [-0.1, -0.05) is 12.2 Å². The van der Waals surface area contributed by atoms with Crippen molar-refractivity contribution >= 4 is 23.4 Å². The molecule has 4 heterocycles. The molecule has 0 bridgehead atoms. The fourth-order valence-corrected chi connectivity index (χ4v) is 3.39. The first-order valence-corrected chi connectivity index (χ1v) is 8.61. The topological polar surface area (TPSA) is 53.1 Å². The van der Waals surface area contributed by atoms with Gasteiger partial charge in [-0.3, -0.25) is 14.8 Å². The second-order valence-electron chi connectivity index (χ2n) is 6.15. The molecule has 1 fully saturated rings. The van der Waals surface area contributed by atoms with Gasteiger partial charge in [-0.2, -0.15) is 5.10 Å². The van der Waals surface area contributed by atoms with Crippen molar-refractivity contribution in [1.29, 1.82) is 0 Å². The molecule has 3 aliphatic heterocycles. The normalized spacial score (nSPS) is 20.2. The number of hydrogen-bond donors (Lipinski definition) is 1. The lowest BCUT2D eigenvalue weighted by Gasteiger charge is -2.33. The molecule has 0 amide bonds. The number of fused-ring (bicyclic) bond motifs is 3. The van der Waals surface area contributed by atoms with Crippen LogP contribution < -0.4 is 21.6 Å².